The van der Waals surface area contributed by atoms with Crippen LogP contribution in [0.3, 0.4) is 0 Å². The van der Waals surface area contributed by atoms with Crippen LogP contribution in [-0.4, -0.2) is 42.1 Å². The normalized spacial score (nSPS) is 18.9. The van der Waals surface area contributed by atoms with Crippen molar-refractivity contribution in [3.05, 3.63) is 29.8 Å². The average Bonchev–Trinajstić information content (AvgIpc) is 3.23. The van der Waals surface area contributed by atoms with Crippen molar-refractivity contribution in [1.82, 2.24) is 5.32 Å². The number of carbonyl (C=O) groups is 2. The molecular weight excluding hydrogens is 346 g/mol. The molecule has 7 heteroatoms. The molecule has 1 aromatic carbocycles. The summed E-state index contributed by atoms with van der Waals surface area (Å²) < 4.78 is 11.1. The molecule has 1 heterocycles. The summed E-state index contributed by atoms with van der Waals surface area (Å²) in [6.07, 6.45) is 1.21. The number of thioether (sulfide) groups is 2. The molecule has 2 fully saturated rings. The fourth-order valence-electron chi connectivity index (χ4n) is 2.31. The molecule has 1 saturated heterocycles. The van der Waals surface area contributed by atoms with Crippen LogP contribution in [0.25, 0.3) is 0 Å². The van der Waals surface area contributed by atoms with E-state index in [-0.39, 0.29) is 18.6 Å². The van der Waals surface area contributed by atoms with E-state index in [0.717, 1.165) is 29.9 Å². The number of rotatable bonds is 7. The first-order valence-corrected chi connectivity index (χ1v) is 10.2. The van der Waals surface area contributed by atoms with Crippen molar-refractivity contribution < 1.29 is 19.1 Å². The summed E-state index contributed by atoms with van der Waals surface area (Å²) in [6.45, 7) is 1.38. The Labute approximate surface area is 150 Å². The number of amides is 1. The molecule has 1 atom stereocenters. The van der Waals surface area contributed by atoms with Gasteiger partial charge in [0.25, 0.3) is 5.91 Å². The van der Waals surface area contributed by atoms with Gasteiger partial charge in [-0.15, -0.1) is 23.5 Å². The van der Waals surface area contributed by atoms with E-state index in [9.17, 15) is 9.59 Å². The maximum Gasteiger partial charge on any atom is 0.344 e. The van der Waals surface area contributed by atoms with Gasteiger partial charge < -0.3 is 14.8 Å². The van der Waals surface area contributed by atoms with E-state index in [2.05, 4.69) is 5.32 Å². The molecule has 1 amide bonds. The largest absolute Gasteiger partial charge is 0.482 e. The SMILES string of the molecule is C[C@@H](OC(=O)COc1ccccc1C1SCCS1)C(=O)NC1CC1. The number of esters is 1. The van der Waals surface area contributed by atoms with Gasteiger partial charge in [-0.1, -0.05) is 18.2 Å². The van der Waals surface area contributed by atoms with E-state index < -0.39 is 12.1 Å². The minimum absolute atomic E-state index is 0.194. The topological polar surface area (TPSA) is 64.6 Å². The van der Waals surface area contributed by atoms with Crippen LogP contribution in [0, 0.1) is 0 Å². The third kappa shape index (κ3) is 4.83. The lowest BCUT2D eigenvalue weighted by molar-refractivity contribution is -0.156. The van der Waals surface area contributed by atoms with Gasteiger partial charge in [0.1, 0.15) is 5.75 Å². The highest BCUT2D eigenvalue weighted by molar-refractivity contribution is 8.19. The van der Waals surface area contributed by atoms with Gasteiger partial charge in [0, 0.05) is 23.1 Å². The Hall–Kier alpha value is -1.34. The summed E-state index contributed by atoms with van der Waals surface area (Å²) >= 11 is 3.77. The molecule has 0 spiro atoms. The van der Waals surface area contributed by atoms with E-state index in [0.29, 0.717) is 10.3 Å². The van der Waals surface area contributed by atoms with Crippen molar-refractivity contribution in [2.24, 2.45) is 0 Å². The zero-order valence-corrected chi connectivity index (χ0v) is 15.2. The first kappa shape index (κ1) is 17.5. The second kappa shape index (κ2) is 8.16. The Morgan fingerprint density at radius 2 is 1.96 bits per heavy atom. The molecule has 130 valence electrons. The Morgan fingerprint density at radius 1 is 1.25 bits per heavy atom. The van der Waals surface area contributed by atoms with Gasteiger partial charge in [0.05, 0.1) is 4.58 Å². The smallest absolute Gasteiger partial charge is 0.344 e. The van der Waals surface area contributed by atoms with E-state index in [4.69, 9.17) is 9.47 Å². The molecule has 2 aliphatic rings. The van der Waals surface area contributed by atoms with E-state index in [1.165, 1.54) is 0 Å². The van der Waals surface area contributed by atoms with Crippen LogP contribution in [0.15, 0.2) is 24.3 Å². The predicted molar refractivity (Wildman–Crippen MR) is 96.3 cm³/mol. The molecule has 0 radical (unpaired) electrons. The van der Waals surface area contributed by atoms with Crippen LogP contribution in [0.4, 0.5) is 0 Å². The standard InChI is InChI=1S/C17H21NO4S2/c1-11(16(20)18-12-6-7-12)22-15(19)10-21-14-5-3-2-4-13(14)17-23-8-9-24-17/h2-5,11-12,17H,6-10H2,1H3,(H,18,20)/t11-/m1/s1. The molecule has 5 nitrogen and oxygen atoms in total. The fourth-order valence-corrected chi connectivity index (χ4v) is 5.22. The number of ether oxygens (including phenoxy) is 2. The number of hydrogen-bond acceptors (Lipinski definition) is 6. The molecule has 1 aliphatic carbocycles. The highest BCUT2D eigenvalue weighted by atomic mass is 32.2. The van der Waals surface area contributed by atoms with Crippen molar-refractivity contribution in [1.29, 1.82) is 0 Å². The van der Waals surface area contributed by atoms with E-state index >= 15 is 0 Å². The summed E-state index contributed by atoms with van der Waals surface area (Å²) in [5.74, 6) is 2.18. The monoisotopic (exact) mass is 367 g/mol. The van der Waals surface area contributed by atoms with Crippen molar-refractivity contribution in [2.45, 2.75) is 36.5 Å². The summed E-state index contributed by atoms with van der Waals surface area (Å²) in [5, 5.41) is 2.82. The fraction of sp³-hybridized carbons (Fsp3) is 0.529. The molecule has 24 heavy (non-hydrogen) atoms. The van der Waals surface area contributed by atoms with Crippen molar-refractivity contribution >= 4 is 35.4 Å². The highest BCUT2D eigenvalue weighted by Gasteiger charge is 2.27. The lowest BCUT2D eigenvalue weighted by Crippen LogP contribution is -2.37. The molecule has 3 rings (SSSR count). The Kier molecular flexibility index (Phi) is 5.94. The van der Waals surface area contributed by atoms with Gasteiger partial charge in [-0.25, -0.2) is 4.79 Å². The number of carbonyl (C=O) groups excluding carboxylic acids is 2. The third-order valence-corrected chi connectivity index (χ3v) is 6.81. The number of nitrogens with one attached hydrogen (secondary N) is 1. The Balaban J connectivity index is 1.49. The van der Waals surface area contributed by atoms with Gasteiger partial charge in [-0.05, 0) is 25.8 Å². The lowest BCUT2D eigenvalue weighted by atomic mass is 10.2. The second-order valence-electron chi connectivity index (χ2n) is 5.81. The molecule has 0 unspecified atom stereocenters. The zero-order chi connectivity index (χ0) is 16.9. The van der Waals surface area contributed by atoms with Gasteiger partial charge in [0.15, 0.2) is 12.7 Å². The van der Waals surface area contributed by atoms with E-state index in [1.54, 1.807) is 6.92 Å². The van der Waals surface area contributed by atoms with Crippen LogP contribution in [0.2, 0.25) is 0 Å². The molecular formula is C17H21NO4S2. The quantitative estimate of drug-likeness (QED) is 0.748. The van der Waals surface area contributed by atoms with Gasteiger partial charge >= 0.3 is 5.97 Å². The maximum absolute atomic E-state index is 11.9. The second-order valence-corrected chi connectivity index (χ2v) is 8.54. The first-order chi connectivity index (χ1) is 11.6. The summed E-state index contributed by atoms with van der Waals surface area (Å²) in [6, 6.07) is 8.01. The van der Waals surface area contributed by atoms with Crippen molar-refractivity contribution in [2.75, 3.05) is 18.1 Å². The van der Waals surface area contributed by atoms with Crippen molar-refractivity contribution in [3.8, 4) is 5.75 Å². The van der Waals surface area contributed by atoms with E-state index in [1.807, 2.05) is 47.8 Å². The minimum Gasteiger partial charge on any atom is -0.482 e. The van der Waals surface area contributed by atoms with Crippen LogP contribution < -0.4 is 10.1 Å². The molecule has 1 aromatic rings. The molecule has 1 N–H and O–H groups in total. The van der Waals surface area contributed by atoms with Crippen LogP contribution in [0.1, 0.15) is 29.9 Å². The minimum atomic E-state index is -0.794. The zero-order valence-electron chi connectivity index (χ0n) is 13.5. The first-order valence-electron chi connectivity index (χ1n) is 8.08. The summed E-state index contributed by atoms with van der Waals surface area (Å²) in [7, 11) is 0. The average molecular weight is 367 g/mol. The molecule has 0 bridgehead atoms. The van der Waals surface area contributed by atoms with Crippen LogP contribution >= 0.6 is 23.5 Å². The van der Waals surface area contributed by atoms with Gasteiger partial charge in [-0.3, -0.25) is 4.79 Å². The highest BCUT2D eigenvalue weighted by Crippen LogP contribution is 2.48. The predicted octanol–water partition coefficient (Wildman–Crippen LogP) is 2.75. The Morgan fingerprint density at radius 3 is 2.67 bits per heavy atom. The van der Waals surface area contributed by atoms with Gasteiger partial charge in [0.2, 0.25) is 0 Å². The number of para-hydroxylation sites is 1. The Bertz CT molecular complexity index is 600. The summed E-state index contributed by atoms with van der Waals surface area (Å²) in [5.41, 5.74) is 1.09. The molecule has 1 saturated carbocycles. The van der Waals surface area contributed by atoms with Crippen molar-refractivity contribution in [3.63, 3.8) is 0 Å². The maximum atomic E-state index is 11.9. The molecule has 0 aromatic heterocycles. The number of hydrogen-bond donors (Lipinski definition) is 1. The van der Waals surface area contributed by atoms with Crippen LogP contribution in [0.5, 0.6) is 5.75 Å². The summed E-state index contributed by atoms with van der Waals surface area (Å²) in [4.78, 5) is 23.7. The van der Waals surface area contributed by atoms with Crippen LogP contribution in [-0.2, 0) is 14.3 Å². The number of benzene rings is 1. The van der Waals surface area contributed by atoms with Gasteiger partial charge in [-0.2, -0.15) is 0 Å². The molecule has 1 aliphatic heterocycles. The lowest BCUT2D eigenvalue weighted by Gasteiger charge is -2.16. The third-order valence-electron chi connectivity index (χ3n) is 3.74.